The van der Waals surface area contributed by atoms with Crippen molar-refractivity contribution in [2.45, 2.75) is 11.9 Å². The van der Waals surface area contributed by atoms with E-state index in [9.17, 15) is 5.11 Å². The summed E-state index contributed by atoms with van der Waals surface area (Å²) in [4.78, 5) is 1.30. The molecule has 1 heterocycles. The average molecular weight is 383 g/mol. The van der Waals surface area contributed by atoms with Crippen LogP contribution in [0.15, 0.2) is 18.2 Å². The summed E-state index contributed by atoms with van der Waals surface area (Å²) in [5.74, 6) is 0. The van der Waals surface area contributed by atoms with Crippen molar-refractivity contribution in [1.29, 1.82) is 0 Å². The molecule has 0 saturated heterocycles. The van der Waals surface area contributed by atoms with E-state index >= 15 is 0 Å². The summed E-state index contributed by atoms with van der Waals surface area (Å²) in [5.41, 5.74) is 1.03. The number of fused-ring (bicyclic) bond motifs is 1. The van der Waals surface area contributed by atoms with Gasteiger partial charge in [-0.1, -0.05) is 15.9 Å². The maximum Gasteiger partial charge on any atom is 0.0696 e. The number of aliphatic hydroxyl groups excluding tert-OH is 1. The van der Waals surface area contributed by atoms with Gasteiger partial charge in [0.05, 0.1) is 6.61 Å². The molecule has 1 N–H and O–H groups in total. The SMILES string of the molecule is OCc1cc(I)cc2cc(CBr)sc12. The molecule has 0 radical (unpaired) electrons. The van der Waals surface area contributed by atoms with Crippen LogP contribution in [-0.2, 0) is 11.9 Å². The first kappa shape index (κ1) is 10.9. The molecular weight excluding hydrogens is 375 g/mol. The summed E-state index contributed by atoms with van der Waals surface area (Å²) in [5, 5.41) is 11.4. The van der Waals surface area contributed by atoms with E-state index in [2.05, 4.69) is 50.7 Å². The molecule has 0 aliphatic heterocycles. The Morgan fingerprint density at radius 3 is 2.79 bits per heavy atom. The van der Waals surface area contributed by atoms with Gasteiger partial charge in [0.25, 0.3) is 0 Å². The van der Waals surface area contributed by atoms with Crippen LogP contribution in [0.5, 0.6) is 0 Å². The van der Waals surface area contributed by atoms with Gasteiger partial charge in [0.1, 0.15) is 0 Å². The highest BCUT2D eigenvalue weighted by atomic mass is 127. The third-order valence-electron chi connectivity index (χ3n) is 2.01. The molecule has 2 rings (SSSR count). The van der Waals surface area contributed by atoms with Crippen LogP contribution in [0.2, 0.25) is 0 Å². The Bertz CT molecular complexity index is 466. The quantitative estimate of drug-likeness (QED) is 0.617. The number of alkyl halides is 1. The lowest BCUT2D eigenvalue weighted by Gasteiger charge is -1.99. The lowest BCUT2D eigenvalue weighted by Crippen LogP contribution is -1.83. The van der Waals surface area contributed by atoms with Gasteiger partial charge in [-0.3, -0.25) is 0 Å². The highest BCUT2D eigenvalue weighted by molar-refractivity contribution is 14.1. The van der Waals surface area contributed by atoms with Gasteiger partial charge in [0.15, 0.2) is 0 Å². The minimum absolute atomic E-state index is 0.121. The molecule has 0 spiro atoms. The first-order chi connectivity index (χ1) is 6.74. The van der Waals surface area contributed by atoms with E-state index in [0.29, 0.717) is 0 Å². The summed E-state index contributed by atoms with van der Waals surface area (Å²) in [7, 11) is 0. The van der Waals surface area contributed by atoms with Crippen LogP contribution in [0.4, 0.5) is 0 Å². The predicted molar refractivity (Wildman–Crippen MR) is 73.1 cm³/mol. The summed E-state index contributed by atoms with van der Waals surface area (Å²) in [6.07, 6.45) is 0. The molecule has 0 atom stereocenters. The fourth-order valence-electron chi connectivity index (χ4n) is 1.42. The van der Waals surface area contributed by atoms with Crippen molar-refractivity contribution in [2.24, 2.45) is 0 Å². The van der Waals surface area contributed by atoms with Crippen LogP contribution in [0.3, 0.4) is 0 Å². The second-order valence-corrected chi connectivity index (χ2v) is 5.93. The van der Waals surface area contributed by atoms with Crippen LogP contribution < -0.4 is 0 Å². The molecule has 4 heteroatoms. The van der Waals surface area contributed by atoms with Gasteiger partial charge in [0, 0.05) is 18.5 Å². The first-order valence-corrected chi connectivity index (χ1v) is 7.14. The molecule has 0 unspecified atom stereocenters. The maximum atomic E-state index is 9.23. The van der Waals surface area contributed by atoms with E-state index in [1.165, 1.54) is 18.5 Å². The number of hydrogen-bond donors (Lipinski definition) is 1. The number of aliphatic hydroxyl groups is 1. The standard InChI is InChI=1S/C10H8BrIOS/c11-4-9-3-6-1-8(12)2-7(5-13)10(6)14-9/h1-3,13H,4-5H2. The minimum Gasteiger partial charge on any atom is -0.392 e. The molecule has 0 aliphatic carbocycles. The fourth-order valence-corrected chi connectivity index (χ4v) is 3.63. The molecule has 0 bridgehead atoms. The Morgan fingerprint density at radius 2 is 2.14 bits per heavy atom. The molecule has 1 nitrogen and oxygen atoms in total. The van der Waals surface area contributed by atoms with Gasteiger partial charge < -0.3 is 5.11 Å². The molecule has 74 valence electrons. The van der Waals surface area contributed by atoms with Crippen molar-refractivity contribution in [3.8, 4) is 0 Å². The van der Waals surface area contributed by atoms with Crippen LogP contribution >= 0.6 is 49.9 Å². The molecule has 0 saturated carbocycles. The van der Waals surface area contributed by atoms with Crippen molar-refractivity contribution >= 4 is 59.9 Å². The molecule has 14 heavy (non-hydrogen) atoms. The van der Waals surface area contributed by atoms with Gasteiger partial charge in [-0.2, -0.15) is 0 Å². The van der Waals surface area contributed by atoms with Crippen LogP contribution in [0.1, 0.15) is 10.4 Å². The lowest BCUT2D eigenvalue weighted by molar-refractivity contribution is 0.283. The van der Waals surface area contributed by atoms with Crippen molar-refractivity contribution in [2.75, 3.05) is 0 Å². The zero-order chi connectivity index (χ0) is 10.1. The molecule has 0 amide bonds. The van der Waals surface area contributed by atoms with E-state index in [4.69, 9.17) is 0 Å². The van der Waals surface area contributed by atoms with Gasteiger partial charge >= 0.3 is 0 Å². The molecule has 0 aliphatic rings. The van der Waals surface area contributed by atoms with Crippen LogP contribution in [0, 0.1) is 3.57 Å². The third kappa shape index (κ3) is 1.98. The second kappa shape index (κ2) is 4.47. The van der Waals surface area contributed by atoms with Crippen LogP contribution in [0.25, 0.3) is 10.1 Å². The molecule has 0 fully saturated rings. The number of benzene rings is 1. The summed E-state index contributed by atoms with van der Waals surface area (Å²) in [6, 6.07) is 6.37. The normalized spacial score (nSPS) is 11.1. The van der Waals surface area contributed by atoms with Crippen molar-refractivity contribution in [3.63, 3.8) is 0 Å². The topological polar surface area (TPSA) is 20.2 Å². The average Bonchev–Trinajstić information content (AvgIpc) is 2.59. The largest absolute Gasteiger partial charge is 0.392 e. The predicted octanol–water partition coefficient (Wildman–Crippen LogP) is 3.89. The Kier molecular flexibility index (Phi) is 3.46. The highest BCUT2D eigenvalue weighted by Crippen LogP contribution is 2.31. The number of thiophene rings is 1. The summed E-state index contributed by atoms with van der Waals surface area (Å²) < 4.78 is 2.39. The molecular formula is C10H8BrIOS. The first-order valence-electron chi connectivity index (χ1n) is 4.12. The highest BCUT2D eigenvalue weighted by Gasteiger charge is 2.06. The zero-order valence-corrected chi connectivity index (χ0v) is 11.8. The number of rotatable bonds is 2. The monoisotopic (exact) mass is 382 g/mol. The number of hydrogen-bond acceptors (Lipinski definition) is 2. The van der Waals surface area contributed by atoms with E-state index in [1.807, 2.05) is 6.07 Å². The van der Waals surface area contributed by atoms with Gasteiger partial charge in [-0.15, -0.1) is 11.3 Å². The van der Waals surface area contributed by atoms with E-state index in [-0.39, 0.29) is 6.61 Å². The summed E-state index contributed by atoms with van der Waals surface area (Å²) >= 11 is 7.47. The van der Waals surface area contributed by atoms with E-state index < -0.39 is 0 Å². The minimum atomic E-state index is 0.121. The van der Waals surface area contributed by atoms with Gasteiger partial charge in [-0.05, 0) is 51.7 Å². The van der Waals surface area contributed by atoms with Crippen LogP contribution in [-0.4, -0.2) is 5.11 Å². The maximum absolute atomic E-state index is 9.23. The van der Waals surface area contributed by atoms with Crippen molar-refractivity contribution < 1.29 is 5.11 Å². The smallest absolute Gasteiger partial charge is 0.0696 e. The third-order valence-corrected chi connectivity index (χ3v) is 4.84. The summed E-state index contributed by atoms with van der Waals surface area (Å²) in [6.45, 7) is 0.121. The molecule has 1 aromatic carbocycles. The van der Waals surface area contributed by atoms with Gasteiger partial charge in [0.2, 0.25) is 0 Å². The Balaban J connectivity index is 2.71. The Hall–Kier alpha value is 0.350. The zero-order valence-electron chi connectivity index (χ0n) is 7.26. The Labute approximate surface area is 108 Å². The second-order valence-electron chi connectivity index (χ2n) is 2.99. The lowest BCUT2D eigenvalue weighted by atomic mass is 10.2. The van der Waals surface area contributed by atoms with Crippen molar-refractivity contribution in [1.82, 2.24) is 0 Å². The van der Waals surface area contributed by atoms with Crippen molar-refractivity contribution in [3.05, 3.63) is 32.2 Å². The Morgan fingerprint density at radius 1 is 1.36 bits per heavy atom. The molecule has 1 aromatic heterocycles. The van der Waals surface area contributed by atoms with E-state index in [1.54, 1.807) is 11.3 Å². The van der Waals surface area contributed by atoms with E-state index in [0.717, 1.165) is 10.9 Å². The van der Waals surface area contributed by atoms with Gasteiger partial charge in [-0.25, -0.2) is 0 Å². The number of halogens is 2. The molecule has 2 aromatic rings. The fraction of sp³-hybridized carbons (Fsp3) is 0.200.